The highest BCUT2D eigenvalue weighted by Crippen LogP contribution is 2.33. The Morgan fingerprint density at radius 2 is 2.08 bits per heavy atom. The number of cyclic esters (lactones) is 1. The molecule has 2 aliphatic rings. The molecule has 148 valence electrons. The molecule has 0 aromatic heterocycles. The lowest BCUT2D eigenvalue weighted by atomic mass is 9.89. The molecule has 5 nitrogen and oxygen atoms in total. The van der Waals surface area contributed by atoms with Crippen molar-refractivity contribution in [2.75, 3.05) is 13.2 Å². The van der Waals surface area contributed by atoms with Crippen LogP contribution in [0.2, 0.25) is 0 Å². The Balaban J connectivity index is 1.95. The maximum absolute atomic E-state index is 12.3. The molecule has 1 saturated carbocycles. The second kappa shape index (κ2) is 10.1. The molecule has 2 unspecified atom stereocenters. The first-order valence-corrected chi connectivity index (χ1v) is 10.2. The summed E-state index contributed by atoms with van der Waals surface area (Å²) in [7, 11) is 0. The fourth-order valence-electron chi connectivity index (χ4n) is 3.87. The second-order valence-electron chi connectivity index (χ2n) is 7.85. The minimum atomic E-state index is -1.11. The van der Waals surface area contributed by atoms with Crippen molar-refractivity contribution in [1.29, 1.82) is 0 Å². The van der Waals surface area contributed by atoms with Crippen molar-refractivity contribution in [3.8, 4) is 0 Å². The number of hydrogen-bond acceptors (Lipinski definition) is 5. The van der Waals surface area contributed by atoms with Gasteiger partial charge in [-0.25, -0.2) is 4.79 Å². The number of carbonyl (C=O) groups excluding carboxylic acids is 2. The van der Waals surface area contributed by atoms with Crippen LogP contribution in [0, 0.1) is 11.8 Å². The largest absolute Gasteiger partial charge is 0.461 e. The lowest BCUT2D eigenvalue weighted by Gasteiger charge is -2.26. The summed E-state index contributed by atoms with van der Waals surface area (Å²) in [6.07, 6.45) is 11.6. The Kier molecular flexibility index (Phi) is 8.14. The van der Waals surface area contributed by atoms with Gasteiger partial charge in [-0.15, -0.1) is 0 Å². The molecule has 0 amide bonds. The second-order valence-corrected chi connectivity index (χ2v) is 7.85. The van der Waals surface area contributed by atoms with Crippen LogP contribution < -0.4 is 0 Å². The number of carbonyl (C=O) groups is 2. The number of allylic oxidation sites excluding steroid dienone is 1. The SMILES string of the molecule is CCCCC(/C=C1/CC(CO)(COC(=O)C2CCCCC2)OC1=O)CC. The number of aliphatic hydroxyl groups excluding tert-OH is 1. The third-order valence-electron chi connectivity index (χ3n) is 5.68. The van der Waals surface area contributed by atoms with E-state index >= 15 is 0 Å². The number of rotatable bonds is 9. The van der Waals surface area contributed by atoms with Gasteiger partial charge in [-0.1, -0.05) is 52.0 Å². The Morgan fingerprint density at radius 3 is 2.69 bits per heavy atom. The summed E-state index contributed by atoms with van der Waals surface area (Å²) in [5.74, 6) is -0.315. The molecule has 1 heterocycles. The maximum atomic E-state index is 12.3. The average Bonchev–Trinajstić information content (AvgIpc) is 2.99. The summed E-state index contributed by atoms with van der Waals surface area (Å²) in [4.78, 5) is 24.5. The van der Waals surface area contributed by atoms with Gasteiger partial charge < -0.3 is 14.6 Å². The fourth-order valence-corrected chi connectivity index (χ4v) is 3.87. The molecule has 1 N–H and O–H groups in total. The zero-order valence-corrected chi connectivity index (χ0v) is 16.3. The van der Waals surface area contributed by atoms with Gasteiger partial charge in [0, 0.05) is 12.0 Å². The third kappa shape index (κ3) is 5.57. The summed E-state index contributed by atoms with van der Waals surface area (Å²) in [6, 6.07) is 0. The molecule has 0 aromatic carbocycles. The molecule has 2 rings (SSSR count). The van der Waals surface area contributed by atoms with Crippen LogP contribution in [0.15, 0.2) is 11.6 Å². The monoisotopic (exact) mass is 366 g/mol. The van der Waals surface area contributed by atoms with Crippen LogP contribution >= 0.6 is 0 Å². The predicted octanol–water partition coefficient (Wildman–Crippen LogP) is 3.93. The fraction of sp³-hybridized carbons (Fsp3) is 0.810. The number of hydrogen-bond donors (Lipinski definition) is 1. The highest BCUT2D eigenvalue weighted by atomic mass is 16.6. The zero-order chi connectivity index (χ0) is 19.0. The van der Waals surface area contributed by atoms with E-state index in [1.54, 1.807) is 0 Å². The van der Waals surface area contributed by atoms with E-state index in [4.69, 9.17) is 9.47 Å². The minimum Gasteiger partial charge on any atom is -0.461 e. The van der Waals surface area contributed by atoms with Crippen LogP contribution in [0.3, 0.4) is 0 Å². The van der Waals surface area contributed by atoms with E-state index in [-0.39, 0.29) is 31.1 Å². The molecular formula is C21H34O5. The van der Waals surface area contributed by atoms with Gasteiger partial charge in [0.15, 0.2) is 5.60 Å². The van der Waals surface area contributed by atoms with Gasteiger partial charge in [-0.2, -0.15) is 0 Å². The summed E-state index contributed by atoms with van der Waals surface area (Å²) in [6.45, 7) is 3.87. The van der Waals surface area contributed by atoms with Crippen molar-refractivity contribution >= 4 is 11.9 Å². The molecule has 5 heteroatoms. The van der Waals surface area contributed by atoms with Crippen molar-refractivity contribution in [2.24, 2.45) is 11.8 Å². The third-order valence-corrected chi connectivity index (χ3v) is 5.68. The lowest BCUT2D eigenvalue weighted by molar-refractivity contribution is -0.169. The highest BCUT2D eigenvalue weighted by Gasteiger charge is 2.45. The normalized spacial score (nSPS) is 26.7. The summed E-state index contributed by atoms with van der Waals surface area (Å²) < 4.78 is 10.9. The molecule has 26 heavy (non-hydrogen) atoms. The van der Waals surface area contributed by atoms with Gasteiger partial charge >= 0.3 is 11.9 Å². The van der Waals surface area contributed by atoms with Crippen LogP contribution in [-0.2, 0) is 19.1 Å². The Labute approximate surface area is 157 Å². The quantitative estimate of drug-likeness (QED) is 0.494. The number of ether oxygens (including phenoxy) is 2. The van der Waals surface area contributed by atoms with Crippen molar-refractivity contribution in [3.05, 3.63) is 11.6 Å². The molecule has 2 atom stereocenters. The van der Waals surface area contributed by atoms with Crippen molar-refractivity contribution in [1.82, 2.24) is 0 Å². The lowest BCUT2D eigenvalue weighted by Crippen LogP contribution is -2.40. The standard InChI is InChI=1S/C21H34O5/c1-3-5-9-16(4-2)12-18-13-21(14-22,26-20(18)24)15-25-19(23)17-10-7-6-8-11-17/h12,16-17,22H,3-11,13-15H2,1-2H3/b18-12-. The molecule has 0 radical (unpaired) electrons. The molecular weight excluding hydrogens is 332 g/mol. The molecule has 0 spiro atoms. The summed E-state index contributed by atoms with van der Waals surface area (Å²) in [5, 5.41) is 9.81. The Bertz CT molecular complexity index is 507. The van der Waals surface area contributed by atoms with Crippen molar-refractivity contribution in [2.45, 2.75) is 83.7 Å². The topological polar surface area (TPSA) is 72.8 Å². The smallest absolute Gasteiger partial charge is 0.334 e. The Hall–Kier alpha value is -1.36. The van der Waals surface area contributed by atoms with Gasteiger partial charge in [0.25, 0.3) is 0 Å². The van der Waals surface area contributed by atoms with Crippen LogP contribution in [0.5, 0.6) is 0 Å². The number of esters is 2. The minimum absolute atomic E-state index is 0.0508. The van der Waals surface area contributed by atoms with E-state index in [1.807, 2.05) is 6.08 Å². The van der Waals surface area contributed by atoms with Gasteiger partial charge in [0.1, 0.15) is 6.61 Å². The average molecular weight is 366 g/mol. The van der Waals surface area contributed by atoms with E-state index in [0.717, 1.165) is 51.4 Å². The van der Waals surface area contributed by atoms with Crippen LogP contribution in [-0.4, -0.2) is 35.9 Å². The molecule has 0 aromatic rings. The van der Waals surface area contributed by atoms with E-state index in [1.165, 1.54) is 6.42 Å². The number of aliphatic hydroxyl groups is 1. The zero-order valence-electron chi connectivity index (χ0n) is 16.3. The highest BCUT2D eigenvalue weighted by molar-refractivity contribution is 5.91. The maximum Gasteiger partial charge on any atom is 0.334 e. The van der Waals surface area contributed by atoms with Gasteiger partial charge in [-0.05, 0) is 31.6 Å². The van der Waals surface area contributed by atoms with Crippen molar-refractivity contribution in [3.63, 3.8) is 0 Å². The van der Waals surface area contributed by atoms with E-state index < -0.39 is 5.60 Å². The number of unbranched alkanes of at least 4 members (excludes halogenated alkanes) is 1. The molecule has 2 fully saturated rings. The first-order chi connectivity index (χ1) is 12.5. The van der Waals surface area contributed by atoms with Gasteiger partial charge in [0.05, 0.1) is 12.5 Å². The van der Waals surface area contributed by atoms with Crippen molar-refractivity contribution < 1.29 is 24.2 Å². The molecule has 1 aliphatic carbocycles. The summed E-state index contributed by atoms with van der Waals surface area (Å²) in [5.41, 5.74) is -0.508. The van der Waals surface area contributed by atoms with E-state index in [0.29, 0.717) is 17.9 Å². The van der Waals surface area contributed by atoms with Gasteiger partial charge in [-0.3, -0.25) is 4.79 Å². The van der Waals surface area contributed by atoms with Crippen LogP contribution in [0.25, 0.3) is 0 Å². The van der Waals surface area contributed by atoms with E-state index in [9.17, 15) is 14.7 Å². The van der Waals surface area contributed by atoms with Crippen LogP contribution in [0.1, 0.15) is 78.1 Å². The molecule has 1 aliphatic heterocycles. The van der Waals surface area contributed by atoms with E-state index in [2.05, 4.69) is 13.8 Å². The molecule has 1 saturated heterocycles. The Morgan fingerprint density at radius 1 is 1.35 bits per heavy atom. The first kappa shape index (κ1) is 20.9. The first-order valence-electron chi connectivity index (χ1n) is 10.2. The van der Waals surface area contributed by atoms with Gasteiger partial charge in [0.2, 0.25) is 0 Å². The molecule has 0 bridgehead atoms. The van der Waals surface area contributed by atoms with Crippen LogP contribution in [0.4, 0.5) is 0 Å². The predicted molar refractivity (Wildman–Crippen MR) is 99.4 cm³/mol. The summed E-state index contributed by atoms with van der Waals surface area (Å²) >= 11 is 0.